The van der Waals surface area contributed by atoms with Crippen LogP contribution in [0.5, 0.6) is 0 Å². The molecular formula is C17H24N+. The summed E-state index contributed by atoms with van der Waals surface area (Å²) in [6.07, 6.45) is 13.8. The Hall–Kier alpha value is -0.850. The van der Waals surface area contributed by atoms with Crippen LogP contribution in [0.1, 0.15) is 49.7 Å². The van der Waals surface area contributed by atoms with Gasteiger partial charge >= 0.3 is 0 Å². The fourth-order valence-corrected chi connectivity index (χ4v) is 5.56. The Bertz CT molecular complexity index is 433. The van der Waals surface area contributed by atoms with E-state index in [0.717, 1.165) is 17.8 Å². The Morgan fingerprint density at radius 2 is 1.33 bits per heavy atom. The highest BCUT2D eigenvalue weighted by molar-refractivity contribution is 5.12. The number of hydrogen-bond donors (Lipinski definition) is 0. The third-order valence-corrected chi connectivity index (χ3v) is 5.69. The van der Waals surface area contributed by atoms with Crippen molar-refractivity contribution in [3.8, 4) is 0 Å². The summed E-state index contributed by atoms with van der Waals surface area (Å²) >= 11 is 0. The van der Waals surface area contributed by atoms with Crippen LogP contribution in [0.3, 0.4) is 0 Å². The minimum absolute atomic E-state index is 0.492. The fraction of sp³-hybridized carbons (Fsp3) is 0.706. The molecule has 4 saturated carbocycles. The Morgan fingerprint density at radius 3 is 1.78 bits per heavy atom. The van der Waals surface area contributed by atoms with E-state index >= 15 is 0 Å². The zero-order valence-corrected chi connectivity index (χ0v) is 11.7. The van der Waals surface area contributed by atoms with Gasteiger partial charge in [-0.05, 0) is 56.9 Å². The van der Waals surface area contributed by atoms with Gasteiger partial charge in [0.2, 0.25) is 0 Å². The molecule has 4 aliphatic rings. The molecule has 0 aliphatic heterocycles. The van der Waals surface area contributed by atoms with Gasteiger partial charge in [0, 0.05) is 30.4 Å². The Labute approximate surface area is 110 Å². The molecule has 0 radical (unpaired) electrons. The van der Waals surface area contributed by atoms with Crippen LogP contribution in [-0.2, 0) is 5.54 Å². The maximum absolute atomic E-state index is 2.61. The average Bonchev–Trinajstić information content (AvgIpc) is 2.25. The molecule has 1 heterocycles. The van der Waals surface area contributed by atoms with Crippen LogP contribution in [0.4, 0.5) is 0 Å². The van der Waals surface area contributed by atoms with Crippen LogP contribution in [0.25, 0.3) is 0 Å². The van der Waals surface area contributed by atoms with E-state index in [1.807, 2.05) is 0 Å². The standard InChI is InChI=1S/C17H24N/c1-12-3-13(2)11-18(10-12)17-7-14-4-15(8-17)6-16(5-14)9-17/h3,10-11,14-16H,4-9H2,1-2H3/q+1. The maximum atomic E-state index is 2.61. The molecule has 96 valence electrons. The minimum Gasteiger partial charge on any atom is -0.199 e. The van der Waals surface area contributed by atoms with E-state index in [0.29, 0.717) is 5.54 Å². The fourth-order valence-electron chi connectivity index (χ4n) is 5.56. The summed E-state index contributed by atoms with van der Waals surface area (Å²) in [7, 11) is 0. The van der Waals surface area contributed by atoms with E-state index in [4.69, 9.17) is 0 Å². The largest absolute Gasteiger partial charge is 0.199 e. The predicted octanol–water partition coefficient (Wildman–Crippen LogP) is 3.52. The molecular weight excluding hydrogens is 218 g/mol. The van der Waals surface area contributed by atoms with E-state index in [1.165, 1.54) is 49.7 Å². The van der Waals surface area contributed by atoms with Crippen molar-refractivity contribution >= 4 is 0 Å². The van der Waals surface area contributed by atoms with Crippen LogP contribution in [0.2, 0.25) is 0 Å². The van der Waals surface area contributed by atoms with Gasteiger partial charge < -0.3 is 0 Å². The minimum atomic E-state index is 0.492. The van der Waals surface area contributed by atoms with Gasteiger partial charge in [0.05, 0.1) is 0 Å². The topological polar surface area (TPSA) is 3.88 Å². The summed E-state index contributed by atoms with van der Waals surface area (Å²) in [5, 5.41) is 0. The first-order valence-corrected chi connectivity index (χ1v) is 7.63. The molecule has 5 rings (SSSR count). The van der Waals surface area contributed by atoms with Crippen molar-refractivity contribution in [3.63, 3.8) is 0 Å². The lowest BCUT2D eigenvalue weighted by Gasteiger charge is -2.53. The molecule has 0 spiro atoms. The summed E-state index contributed by atoms with van der Waals surface area (Å²) in [5.74, 6) is 3.10. The van der Waals surface area contributed by atoms with Crippen LogP contribution in [0.15, 0.2) is 18.5 Å². The van der Waals surface area contributed by atoms with Gasteiger partial charge in [-0.3, -0.25) is 0 Å². The van der Waals surface area contributed by atoms with E-state index in [2.05, 4.69) is 36.9 Å². The molecule has 0 unspecified atom stereocenters. The molecule has 1 aromatic heterocycles. The molecule has 0 aromatic carbocycles. The molecule has 0 saturated heterocycles. The van der Waals surface area contributed by atoms with Gasteiger partial charge in [0.15, 0.2) is 17.9 Å². The Morgan fingerprint density at radius 1 is 0.889 bits per heavy atom. The Balaban J connectivity index is 1.79. The second-order valence-electron chi connectivity index (χ2n) is 7.44. The highest BCUT2D eigenvalue weighted by atomic mass is 15.1. The van der Waals surface area contributed by atoms with Gasteiger partial charge in [-0.2, -0.15) is 4.57 Å². The first-order chi connectivity index (χ1) is 8.63. The van der Waals surface area contributed by atoms with Crippen molar-refractivity contribution in [1.82, 2.24) is 0 Å². The number of aromatic nitrogens is 1. The van der Waals surface area contributed by atoms with Crippen molar-refractivity contribution in [2.24, 2.45) is 17.8 Å². The molecule has 1 heteroatoms. The molecule has 4 aliphatic carbocycles. The van der Waals surface area contributed by atoms with Gasteiger partial charge in [-0.15, -0.1) is 0 Å². The number of hydrogen-bond acceptors (Lipinski definition) is 0. The van der Waals surface area contributed by atoms with Crippen molar-refractivity contribution in [2.75, 3.05) is 0 Å². The average molecular weight is 242 g/mol. The summed E-state index contributed by atoms with van der Waals surface area (Å²) in [6.45, 7) is 4.48. The molecule has 1 aromatic rings. The van der Waals surface area contributed by atoms with Crippen LogP contribution in [-0.4, -0.2) is 0 Å². The first-order valence-electron chi connectivity index (χ1n) is 7.63. The third-order valence-electron chi connectivity index (χ3n) is 5.69. The van der Waals surface area contributed by atoms with Crippen LogP contribution >= 0.6 is 0 Å². The summed E-state index contributed by atoms with van der Waals surface area (Å²) in [5.41, 5.74) is 3.34. The maximum Gasteiger partial charge on any atom is 0.172 e. The third kappa shape index (κ3) is 1.56. The van der Waals surface area contributed by atoms with E-state index in [9.17, 15) is 0 Å². The highest BCUT2D eigenvalue weighted by Gasteiger charge is 2.56. The van der Waals surface area contributed by atoms with Crippen molar-refractivity contribution in [2.45, 2.75) is 57.9 Å². The lowest BCUT2D eigenvalue weighted by atomic mass is 9.53. The summed E-state index contributed by atoms with van der Waals surface area (Å²) < 4.78 is 2.61. The van der Waals surface area contributed by atoms with Crippen molar-refractivity contribution < 1.29 is 4.57 Å². The van der Waals surface area contributed by atoms with Crippen LogP contribution in [0, 0.1) is 31.6 Å². The molecule has 0 atom stereocenters. The zero-order chi connectivity index (χ0) is 12.3. The first kappa shape index (κ1) is 11.0. The van der Waals surface area contributed by atoms with Gasteiger partial charge in [0.1, 0.15) is 0 Å². The molecule has 4 fully saturated rings. The predicted molar refractivity (Wildman–Crippen MR) is 72.3 cm³/mol. The Kier molecular flexibility index (Phi) is 2.19. The second-order valence-corrected chi connectivity index (χ2v) is 7.44. The number of nitrogens with zero attached hydrogens (tertiary/aromatic N) is 1. The second kappa shape index (κ2) is 3.59. The normalized spacial score (nSPS) is 41.3. The van der Waals surface area contributed by atoms with Crippen molar-refractivity contribution in [3.05, 3.63) is 29.6 Å². The molecule has 0 amide bonds. The van der Waals surface area contributed by atoms with Gasteiger partial charge in [-0.25, -0.2) is 0 Å². The van der Waals surface area contributed by atoms with E-state index < -0.39 is 0 Å². The van der Waals surface area contributed by atoms with Crippen molar-refractivity contribution in [1.29, 1.82) is 0 Å². The summed E-state index contributed by atoms with van der Waals surface area (Å²) in [6, 6.07) is 2.30. The monoisotopic (exact) mass is 242 g/mol. The quantitative estimate of drug-likeness (QED) is 0.663. The van der Waals surface area contributed by atoms with E-state index in [-0.39, 0.29) is 0 Å². The number of pyridine rings is 1. The zero-order valence-electron chi connectivity index (χ0n) is 11.7. The van der Waals surface area contributed by atoms with Gasteiger partial charge in [-0.1, -0.05) is 0 Å². The lowest BCUT2D eigenvalue weighted by molar-refractivity contribution is -0.777. The molecule has 1 nitrogen and oxygen atoms in total. The smallest absolute Gasteiger partial charge is 0.172 e. The summed E-state index contributed by atoms with van der Waals surface area (Å²) in [4.78, 5) is 0. The van der Waals surface area contributed by atoms with Gasteiger partial charge in [0.25, 0.3) is 0 Å². The SMILES string of the molecule is Cc1cc(C)c[n+](C23CC4CC(CC(C4)C2)C3)c1. The molecule has 4 bridgehead atoms. The molecule has 18 heavy (non-hydrogen) atoms. The van der Waals surface area contributed by atoms with Crippen LogP contribution < -0.4 is 4.57 Å². The van der Waals surface area contributed by atoms with E-state index in [1.54, 1.807) is 0 Å². The number of rotatable bonds is 1. The number of aryl methyl sites for hydroxylation is 2. The highest BCUT2D eigenvalue weighted by Crippen LogP contribution is 2.56. The molecule has 0 N–H and O–H groups in total. The lowest BCUT2D eigenvalue weighted by Crippen LogP contribution is -2.64.